The third-order valence-corrected chi connectivity index (χ3v) is 2.66. The lowest BCUT2D eigenvalue weighted by atomic mass is 9.95. The summed E-state index contributed by atoms with van der Waals surface area (Å²) in [6.07, 6.45) is 9.11. The molecule has 0 amide bonds. The molecular weight excluding hydrogens is 204 g/mol. The van der Waals surface area contributed by atoms with Gasteiger partial charge in [-0.1, -0.05) is 26.0 Å². The van der Waals surface area contributed by atoms with Crippen molar-refractivity contribution in [2.45, 2.75) is 39.5 Å². The van der Waals surface area contributed by atoms with Gasteiger partial charge in [0.25, 0.3) is 0 Å². The number of allylic oxidation sites excluding steroid dienone is 2. The highest BCUT2D eigenvalue weighted by atomic mass is 17.2. The normalized spacial score (nSPS) is 19.6. The van der Waals surface area contributed by atoms with Crippen LogP contribution in [0.15, 0.2) is 12.2 Å². The van der Waals surface area contributed by atoms with E-state index in [-0.39, 0.29) is 5.41 Å². The molecule has 0 atom stereocenters. The molecule has 1 fully saturated rings. The molecule has 0 spiro atoms. The SMILES string of the molecule is CC/C=C\CCCCOCC1(C)COOC1. The first-order chi connectivity index (χ1) is 7.77. The van der Waals surface area contributed by atoms with Crippen LogP contribution in [0.5, 0.6) is 0 Å². The fourth-order valence-corrected chi connectivity index (χ4v) is 1.56. The Bertz CT molecular complexity index is 195. The van der Waals surface area contributed by atoms with Crippen molar-refractivity contribution in [1.29, 1.82) is 0 Å². The summed E-state index contributed by atoms with van der Waals surface area (Å²) < 4.78 is 5.64. The third-order valence-electron chi connectivity index (χ3n) is 2.66. The van der Waals surface area contributed by atoms with Gasteiger partial charge in [0.05, 0.1) is 19.8 Å². The summed E-state index contributed by atoms with van der Waals surface area (Å²) in [6.45, 7) is 7.15. The summed E-state index contributed by atoms with van der Waals surface area (Å²) in [5, 5.41) is 0. The van der Waals surface area contributed by atoms with Crippen molar-refractivity contribution in [3.8, 4) is 0 Å². The van der Waals surface area contributed by atoms with E-state index < -0.39 is 0 Å². The lowest BCUT2D eigenvalue weighted by molar-refractivity contribution is -0.248. The zero-order valence-electron chi connectivity index (χ0n) is 10.5. The van der Waals surface area contributed by atoms with Crippen LogP contribution in [0.2, 0.25) is 0 Å². The van der Waals surface area contributed by atoms with Gasteiger partial charge in [-0.05, 0) is 25.7 Å². The van der Waals surface area contributed by atoms with Crippen LogP contribution in [0.25, 0.3) is 0 Å². The van der Waals surface area contributed by atoms with Crippen LogP contribution in [0.3, 0.4) is 0 Å². The Labute approximate surface area is 98.7 Å². The second kappa shape index (κ2) is 7.82. The van der Waals surface area contributed by atoms with Crippen LogP contribution in [-0.4, -0.2) is 26.4 Å². The van der Waals surface area contributed by atoms with Gasteiger partial charge < -0.3 is 4.74 Å². The maximum atomic E-state index is 5.64. The van der Waals surface area contributed by atoms with E-state index in [1.807, 2.05) is 0 Å². The molecule has 1 rings (SSSR count). The van der Waals surface area contributed by atoms with Crippen LogP contribution in [0.1, 0.15) is 39.5 Å². The predicted molar refractivity (Wildman–Crippen MR) is 64.1 cm³/mol. The van der Waals surface area contributed by atoms with Gasteiger partial charge in [-0.25, -0.2) is 9.78 Å². The molecule has 16 heavy (non-hydrogen) atoms. The Hall–Kier alpha value is -0.380. The first-order valence-electron chi connectivity index (χ1n) is 6.24. The van der Waals surface area contributed by atoms with E-state index in [1.165, 1.54) is 12.8 Å². The Morgan fingerprint density at radius 3 is 2.62 bits per heavy atom. The second-order valence-electron chi connectivity index (χ2n) is 4.76. The fraction of sp³-hybridized carbons (Fsp3) is 0.846. The maximum Gasteiger partial charge on any atom is 0.0921 e. The number of rotatable bonds is 8. The average molecular weight is 228 g/mol. The van der Waals surface area contributed by atoms with E-state index in [1.54, 1.807) is 0 Å². The molecule has 0 radical (unpaired) electrons. The molecule has 0 N–H and O–H groups in total. The van der Waals surface area contributed by atoms with E-state index in [9.17, 15) is 0 Å². The van der Waals surface area contributed by atoms with Crippen LogP contribution in [-0.2, 0) is 14.5 Å². The van der Waals surface area contributed by atoms with Crippen molar-refractivity contribution in [3.63, 3.8) is 0 Å². The minimum absolute atomic E-state index is 0.0577. The Balaban J connectivity index is 1.90. The van der Waals surface area contributed by atoms with Crippen molar-refractivity contribution in [1.82, 2.24) is 0 Å². The first kappa shape index (κ1) is 13.7. The molecule has 0 bridgehead atoms. The number of hydrogen-bond acceptors (Lipinski definition) is 3. The summed E-state index contributed by atoms with van der Waals surface area (Å²) in [7, 11) is 0. The van der Waals surface area contributed by atoms with Gasteiger partial charge in [-0.3, -0.25) is 0 Å². The van der Waals surface area contributed by atoms with Crippen molar-refractivity contribution in [2.24, 2.45) is 5.41 Å². The number of hydrogen-bond donors (Lipinski definition) is 0. The van der Waals surface area contributed by atoms with Crippen LogP contribution in [0, 0.1) is 5.41 Å². The molecule has 0 aromatic rings. The van der Waals surface area contributed by atoms with Crippen molar-refractivity contribution < 1.29 is 14.5 Å². The van der Waals surface area contributed by atoms with E-state index in [0.717, 1.165) is 26.1 Å². The van der Waals surface area contributed by atoms with Gasteiger partial charge in [0.1, 0.15) is 0 Å². The van der Waals surface area contributed by atoms with Crippen molar-refractivity contribution in [2.75, 3.05) is 26.4 Å². The minimum Gasteiger partial charge on any atom is -0.381 e. The number of unbranched alkanes of at least 4 members (excludes halogenated alkanes) is 2. The van der Waals surface area contributed by atoms with Crippen molar-refractivity contribution >= 4 is 0 Å². The average Bonchev–Trinajstić information content (AvgIpc) is 2.70. The molecule has 1 heterocycles. The van der Waals surface area contributed by atoms with E-state index in [4.69, 9.17) is 14.5 Å². The molecule has 0 aromatic carbocycles. The van der Waals surface area contributed by atoms with Gasteiger partial charge in [0, 0.05) is 12.0 Å². The fourth-order valence-electron chi connectivity index (χ4n) is 1.56. The van der Waals surface area contributed by atoms with Gasteiger partial charge in [0.2, 0.25) is 0 Å². The highest BCUT2D eigenvalue weighted by Gasteiger charge is 2.31. The molecule has 1 saturated heterocycles. The molecule has 1 aliphatic heterocycles. The molecule has 94 valence electrons. The third kappa shape index (κ3) is 5.64. The molecule has 3 nitrogen and oxygen atoms in total. The molecule has 0 saturated carbocycles. The zero-order chi connectivity index (χ0) is 11.7. The smallest absolute Gasteiger partial charge is 0.0921 e. The van der Waals surface area contributed by atoms with Gasteiger partial charge in [0.15, 0.2) is 0 Å². The predicted octanol–water partition coefficient (Wildman–Crippen LogP) is 3.11. The molecule has 0 unspecified atom stereocenters. The summed E-state index contributed by atoms with van der Waals surface area (Å²) in [5.74, 6) is 0. The summed E-state index contributed by atoms with van der Waals surface area (Å²) in [6, 6.07) is 0. The number of ether oxygens (including phenoxy) is 1. The van der Waals surface area contributed by atoms with Crippen LogP contribution >= 0.6 is 0 Å². The summed E-state index contributed by atoms with van der Waals surface area (Å²) in [4.78, 5) is 9.79. The molecule has 0 aliphatic carbocycles. The Kier molecular flexibility index (Phi) is 6.69. The van der Waals surface area contributed by atoms with Gasteiger partial charge >= 0.3 is 0 Å². The largest absolute Gasteiger partial charge is 0.381 e. The first-order valence-corrected chi connectivity index (χ1v) is 6.24. The quantitative estimate of drug-likeness (QED) is 0.363. The monoisotopic (exact) mass is 228 g/mol. The molecule has 1 aliphatic rings. The zero-order valence-corrected chi connectivity index (χ0v) is 10.5. The van der Waals surface area contributed by atoms with E-state index >= 15 is 0 Å². The lowest BCUT2D eigenvalue weighted by Crippen LogP contribution is -2.26. The van der Waals surface area contributed by atoms with Crippen molar-refractivity contribution in [3.05, 3.63) is 12.2 Å². The topological polar surface area (TPSA) is 27.7 Å². The Morgan fingerprint density at radius 1 is 1.19 bits per heavy atom. The highest BCUT2D eigenvalue weighted by molar-refractivity contribution is 4.79. The molecule has 0 aromatic heterocycles. The lowest BCUT2D eigenvalue weighted by Gasteiger charge is -2.18. The molecular formula is C13H24O3. The van der Waals surface area contributed by atoms with E-state index in [2.05, 4.69) is 26.0 Å². The van der Waals surface area contributed by atoms with Gasteiger partial charge in [-0.15, -0.1) is 0 Å². The summed E-state index contributed by atoms with van der Waals surface area (Å²) in [5.41, 5.74) is 0.0577. The standard InChI is InChI=1S/C13H24O3/c1-3-4-5-6-7-8-9-14-10-13(2)11-15-16-12-13/h4-5H,3,6-12H2,1-2H3/b5-4-. The molecule has 3 heteroatoms. The summed E-state index contributed by atoms with van der Waals surface area (Å²) >= 11 is 0. The minimum atomic E-state index is 0.0577. The maximum absolute atomic E-state index is 5.64. The Morgan fingerprint density at radius 2 is 1.94 bits per heavy atom. The van der Waals surface area contributed by atoms with E-state index in [0.29, 0.717) is 13.2 Å². The second-order valence-corrected chi connectivity index (χ2v) is 4.76. The van der Waals surface area contributed by atoms with Crippen LogP contribution in [0.4, 0.5) is 0 Å². The van der Waals surface area contributed by atoms with Crippen LogP contribution < -0.4 is 0 Å². The van der Waals surface area contributed by atoms with Gasteiger partial charge in [-0.2, -0.15) is 0 Å². The highest BCUT2D eigenvalue weighted by Crippen LogP contribution is 2.23.